The Hall–Kier alpha value is -1.87. The van der Waals surface area contributed by atoms with Gasteiger partial charge >= 0.3 is 18.1 Å². The zero-order chi connectivity index (χ0) is 21.1. The molecule has 1 unspecified atom stereocenters. The van der Waals surface area contributed by atoms with Crippen molar-refractivity contribution in [3.05, 3.63) is 35.9 Å². The Labute approximate surface area is 158 Å². The van der Waals surface area contributed by atoms with Crippen LogP contribution < -0.4 is 0 Å². The number of carbonyl (C=O) groups excluding carboxylic acids is 1. The van der Waals surface area contributed by atoms with Gasteiger partial charge in [-0.15, -0.1) is 0 Å². The Kier molecular flexibility index (Phi) is 10.9. The highest BCUT2D eigenvalue weighted by molar-refractivity contribution is 6.76. The maximum Gasteiger partial charge on any atom is 0.490 e. The van der Waals surface area contributed by atoms with Gasteiger partial charge in [0.15, 0.2) is 6.10 Å². The molecule has 0 saturated heterocycles. The zero-order valence-electron chi connectivity index (χ0n) is 16.0. The number of benzene rings is 1. The standard InChI is InChI=1S/C16H26O3Si.C2HF3O2/c1-5-15(16(17)18-11-12-20(2,3)4)19-13-14-9-7-6-8-10-14;3-2(4,5)1(6)7/h6-10,15H,5,11-13H2,1-4H3;(H,6,7). The normalized spacial score (nSPS) is 12.6. The van der Waals surface area contributed by atoms with E-state index in [1.807, 2.05) is 37.3 Å². The minimum Gasteiger partial charge on any atom is -0.475 e. The van der Waals surface area contributed by atoms with Crippen LogP contribution in [0, 0.1) is 0 Å². The van der Waals surface area contributed by atoms with Gasteiger partial charge in [0.25, 0.3) is 0 Å². The summed E-state index contributed by atoms with van der Waals surface area (Å²) in [4.78, 5) is 20.8. The summed E-state index contributed by atoms with van der Waals surface area (Å²) in [6, 6.07) is 10.9. The lowest BCUT2D eigenvalue weighted by molar-refractivity contribution is -0.192. The first-order chi connectivity index (χ1) is 12.4. The molecule has 0 aliphatic heterocycles. The Balaban J connectivity index is 0.000000821. The molecule has 0 aliphatic rings. The minimum absolute atomic E-state index is 0.235. The van der Waals surface area contributed by atoms with Gasteiger partial charge in [0.2, 0.25) is 0 Å². The number of hydrogen-bond acceptors (Lipinski definition) is 4. The molecule has 0 amide bonds. The maximum atomic E-state index is 11.9. The molecule has 9 heteroatoms. The average Bonchev–Trinajstić information content (AvgIpc) is 2.55. The number of aliphatic carboxylic acids is 1. The van der Waals surface area contributed by atoms with Crippen LogP contribution >= 0.6 is 0 Å². The molecule has 1 rings (SSSR count). The second-order valence-corrected chi connectivity index (χ2v) is 12.6. The monoisotopic (exact) mass is 408 g/mol. The predicted molar refractivity (Wildman–Crippen MR) is 98.1 cm³/mol. The Morgan fingerprint density at radius 2 is 1.67 bits per heavy atom. The highest BCUT2D eigenvalue weighted by Gasteiger charge is 2.38. The van der Waals surface area contributed by atoms with E-state index >= 15 is 0 Å². The summed E-state index contributed by atoms with van der Waals surface area (Å²) in [6.07, 6.45) is -4.91. The first-order valence-corrected chi connectivity index (χ1v) is 12.2. The Morgan fingerprint density at radius 3 is 2.07 bits per heavy atom. The fourth-order valence-corrected chi connectivity index (χ4v) is 2.39. The molecule has 1 atom stereocenters. The van der Waals surface area contributed by atoms with E-state index in [9.17, 15) is 18.0 Å². The van der Waals surface area contributed by atoms with Crippen LogP contribution in [0.4, 0.5) is 13.2 Å². The third-order valence-electron chi connectivity index (χ3n) is 3.27. The van der Waals surface area contributed by atoms with Crippen molar-refractivity contribution in [1.29, 1.82) is 0 Å². The van der Waals surface area contributed by atoms with Gasteiger partial charge in [0.1, 0.15) is 0 Å². The summed E-state index contributed by atoms with van der Waals surface area (Å²) in [5.74, 6) is -2.99. The maximum absolute atomic E-state index is 11.9. The Bertz CT molecular complexity index is 571. The van der Waals surface area contributed by atoms with Crippen molar-refractivity contribution in [2.45, 2.75) is 57.9 Å². The lowest BCUT2D eigenvalue weighted by Crippen LogP contribution is -2.28. The number of esters is 1. The third-order valence-corrected chi connectivity index (χ3v) is 4.97. The third kappa shape index (κ3) is 13.0. The largest absolute Gasteiger partial charge is 0.490 e. The van der Waals surface area contributed by atoms with E-state index in [0.717, 1.165) is 11.6 Å². The van der Waals surface area contributed by atoms with E-state index < -0.39 is 26.3 Å². The van der Waals surface area contributed by atoms with Crippen LogP contribution in [0.2, 0.25) is 25.7 Å². The van der Waals surface area contributed by atoms with Crippen LogP contribution in [0.1, 0.15) is 18.9 Å². The molecule has 0 fully saturated rings. The number of rotatable bonds is 8. The average molecular weight is 408 g/mol. The molecule has 0 bridgehead atoms. The van der Waals surface area contributed by atoms with Crippen LogP contribution in [0.15, 0.2) is 30.3 Å². The van der Waals surface area contributed by atoms with Crippen molar-refractivity contribution in [3.8, 4) is 0 Å². The highest BCUT2D eigenvalue weighted by atomic mass is 28.3. The van der Waals surface area contributed by atoms with Gasteiger partial charge in [-0.05, 0) is 18.0 Å². The molecular formula is C18H27F3O5Si. The SMILES string of the molecule is CCC(OCc1ccccc1)C(=O)OCC[Si](C)(C)C.O=C(O)C(F)(F)F. The molecule has 5 nitrogen and oxygen atoms in total. The van der Waals surface area contributed by atoms with Crippen molar-refractivity contribution in [3.63, 3.8) is 0 Å². The Morgan fingerprint density at radius 1 is 1.15 bits per heavy atom. The smallest absolute Gasteiger partial charge is 0.475 e. The highest BCUT2D eigenvalue weighted by Crippen LogP contribution is 2.13. The topological polar surface area (TPSA) is 72.8 Å². The lowest BCUT2D eigenvalue weighted by Gasteiger charge is -2.18. The molecule has 0 aliphatic carbocycles. The van der Waals surface area contributed by atoms with Crippen molar-refractivity contribution in [2.75, 3.05) is 6.61 Å². The molecule has 0 spiro atoms. The van der Waals surface area contributed by atoms with E-state index in [4.69, 9.17) is 19.4 Å². The minimum atomic E-state index is -5.08. The summed E-state index contributed by atoms with van der Waals surface area (Å²) < 4.78 is 42.7. The van der Waals surface area contributed by atoms with Crippen LogP contribution in [0.5, 0.6) is 0 Å². The van der Waals surface area contributed by atoms with Gasteiger partial charge < -0.3 is 14.6 Å². The molecule has 1 aromatic rings. The molecule has 0 saturated carbocycles. The molecule has 27 heavy (non-hydrogen) atoms. The van der Waals surface area contributed by atoms with Gasteiger partial charge in [-0.2, -0.15) is 13.2 Å². The van der Waals surface area contributed by atoms with Gasteiger partial charge in [0, 0.05) is 8.07 Å². The summed E-state index contributed by atoms with van der Waals surface area (Å²) in [5.41, 5.74) is 1.07. The second-order valence-electron chi connectivity index (χ2n) is 6.97. The summed E-state index contributed by atoms with van der Waals surface area (Å²) in [5, 5.41) is 7.12. The molecule has 0 aromatic heterocycles. The first kappa shape index (κ1) is 25.1. The van der Waals surface area contributed by atoms with Crippen LogP contribution in [0.3, 0.4) is 0 Å². The fourth-order valence-electron chi connectivity index (χ4n) is 1.67. The predicted octanol–water partition coefficient (Wildman–Crippen LogP) is 4.50. The van der Waals surface area contributed by atoms with Gasteiger partial charge in [-0.3, -0.25) is 0 Å². The van der Waals surface area contributed by atoms with Gasteiger partial charge in [0.05, 0.1) is 13.2 Å². The number of alkyl halides is 3. The molecule has 1 aromatic carbocycles. The second kappa shape index (κ2) is 11.8. The quantitative estimate of drug-likeness (QED) is 0.507. The van der Waals surface area contributed by atoms with Crippen LogP contribution in [0.25, 0.3) is 0 Å². The summed E-state index contributed by atoms with van der Waals surface area (Å²) >= 11 is 0. The van der Waals surface area contributed by atoms with Crippen LogP contribution in [-0.2, 0) is 25.7 Å². The van der Waals surface area contributed by atoms with E-state index in [1.165, 1.54) is 0 Å². The van der Waals surface area contributed by atoms with E-state index in [0.29, 0.717) is 19.6 Å². The number of carboxylic acid groups (broad SMARTS) is 1. The molecule has 1 N–H and O–H groups in total. The number of hydrogen-bond donors (Lipinski definition) is 1. The van der Waals surface area contributed by atoms with Gasteiger partial charge in [-0.1, -0.05) is 56.9 Å². The van der Waals surface area contributed by atoms with Crippen molar-refractivity contribution >= 4 is 20.0 Å². The van der Waals surface area contributed by atoms with Crippen LogP contribution in [-0.4, -0.2) is 44.0 Å². The lowest BCUT2D eigenvalue weighted by atomic mass is 10.2. The number of halogens is 3. The fraction of sp³-hybridized carbons (Fsp3) is 0.556. The van der Waals surface area contributed by atoms with E-state index in [-0.39, 0.29) is 5.97 Å². The zero-order valence-corrected chi connectivity index (χ0v) is 17.0. The number of carbonyl (C=O) groups is 2. The van der Waals surface area contributed by atoms with Crippen molar-refractivity contribution < 1.29 is 37.3 Å². The van der Waals surface area contributed by atoms with E-state index in [1.54, 1.807) is 0 Å². The number of ether oxygens (including phenoxy) is 2. The molecule has 0 radical (unpaired) electrons. The van der Waals surface area contributed by atoms with Crippen molar-refractivity contribution in [2.24, 2.45) is 0 Å². The van der Waals surface area contributed by atoms with Crippen molar-refractivity contribution in [1.82, 2.24) is 0 Å². The summed E-state index contributed by atoms with van der Waals surface area (Å²) in [7, 11) is -1.16. The molecule has 0 heterocycles. The summed E-state index contributed by atoms with van der Waals surface area (Å²) in [6.45, 7) is 9.70. The number of carboxylic acids is 1. The molecule has 154 valence electrons. The van der Waals surface area contributed by atoms with Gasteiger partial charge in [-0.25, -0.2) is 9.59 Å². The first-order valence-electron chi connectivity index (χ1n) is 8.49. The molecular weight excluding hydrogens is 381 g/mol. The van der Waals surface area contributed by atoms with E-state index in [2.05, 4.69) is 19.6 Å².